The Labute approximate surface area is 148 Å². The second kappa shape index (κ2) is 7.81. The van der Waals surface area contributed by atoms with Gasteiger partial charge in [-0.25, -0.2) is 4.79 Å². The van der Waals surface area contributed by atoms with E-state index in [-0.39, 0.29) is 22.5 Å². The van der Waals surface area contributed by atoms with Gasteiger partial charge in [-0.2, -0.15) is 0 Å². The fraction of sp³-hybridized carbons (Fsp3) is 0.333. The summed E-state index contributed by atoms with van der Waals surface area (Å²) in [5.74, 6) is -1.67. The number of rotatable bonds is 5. The molecule has 1 atom stereocenters. The van der Waals surface area contributed by atoms with Gasteiger partial charge in [0, 0.05) is 44.5 Å². The van der Waals surface area contributed by atoms with Crippen LogP contribution < -0.4 is 15.1 Å². The molecule has 0 saturated heterocycles. The molecule has 0 aliphatic heterocycles. The van der Waals surface area contributed by atoms with E-state index in [0.29, 0.717) is 12.0 Å². The maximum atomic E-state index is 12.0. The van der Waals surface area contributed by atoms with Gasteiger partial charge in [-0.15, -0.1) is 0 Å². The summed E-state index contributed by atoms with van der Waals surface area (Å²) in [6, 6.07) is 3.84. The molecular formula is C18H18O8. The van der Waals surface area contributed by atoms with Crippen molar-refractivity contribution in [1.82, 2.24) is 0 Å². The Bertz CT molecular complexity index is 925. The third kappa shape index (κ3) is 4.47. The highest BCUT2D eigenvalue weighted by atomic mass is 16.6. The number of hydrogen-bond acceptors (Lipinski definition) is 8. The smallest absolute Gasteiger partial charge is 0.336 e. The monoisotopic (exact) mass is 362 g/mol. The van der Waals surface area contributed by atoms with E-state index in [0.717, 1.165) is 0 Å². The van der Waals surface area contributed by atoms with Crippen LogP contribution in [0.4, 0.5) is 0 Å². The summed E-state index contributed by atoms with van der Waals surface area (Å²) in [7, 11) is 0. The average molecular weight is 362 g/mol. The fourth-order valence-electron chi connectivity index (χ4n) is 2.55. The van der Waals surface area contributed by atoms with Crippen molar-refractivity contribution in [2.75, 3.05) is 0 Å². The van der Waals surface area contributed by atoms with Crippen molar-refractivity contribution in [3.8, 4) is 11.5 Å². The van der Waals surface area contributed by atoms with Crippen LogP contribution in [0.1, 0.15) is 45.8 Å². The van der Waals surface area contributed by atoms with Crippen LogP contribution >= 0.6 is 0 Å². The average Bonchev–Trinajstić information content (AvgIpc) is 2.49. The molecule has 1 aromatic carbocycles. The number of hydrogen-bond donors (Lipinski definition) is 0. The molecule has 0 amide bonds. The van der Waals surface area contributed by atoms with E-state index in [1.54, 1.807) is 6.92 Å². The minimum absolute atomic E-state index is 0.0237. The van der Waals surface area contributed by atoms with E-state index in [1.807, 2.05) is 0 Å². The second-order valence-electron chi connectivity index (χ2n) is 5.51. The molecule has 0 aliphatic carbocycles. The predicted octanol–water partition coefficient (Wildman–Crippen LogP) is 2.66. The molecular weight excluding hydrogens is 344 g/mol. The molecule has 0 bridgehead atoms. The molecule has 0 saturated carbocycles. The second-order valence-corrected chi connectivity index (χ2v) is 5.51. The number of carbonyl (C=O) groups is 3. The summed E-state index contributed by atoms with van der Waals surface area (Å²) in [6.45, 7) is 5.43. The lowest BCUT2D eigenvalue weighted by atomic mass is 10.0. The maximum Gasteiger partial charge on any atom is 0.336 e. The van der Waals surface area contributed by atoms with Crippen LogP contribution in [0.5, 0.6) is 11.5 Å². The van der Waals surface area contributed by atoms with Gasteiger partial charge >= 0.3 is 23.5 Å². The lowest BCUT2D eigenvalue weighted by Crippen LogP contribution is -2.13. The van der Waals surface area contributed by atoms with Crippen molar-refractivity contribution in [3.05, 3.63) is 34.2 Å². The number of carbonyl (C=O) groups excluding carboxylic acids is 3. The SMILES string of the molecule is CCC(OC(C)=O)c1cc(=O)oc2cc(OC(C)=O)cc(OC(C)=O)c12. The van der Waals surface area contributed by atoms with Gasteiger partial charge in [-0.1, -0.05) is 6.92 Å². The van der Waals surface area contributed by atoms with Gasteiger partial charge in [-0.05, 0) is 6.42 Å². The molecule has 138 valence electrons. The van der Waals surface area contributed by atoms with Gasteiger partial charge in [-0.3, -0.25) is 14.4 Å². The lowest BCUT2D eigenvalue weighted by Gasteiger charge is -2.18. The zero-order valence-corrected chi connectivity index (χ0v) is 14.8. The van der Waals surface area contributed by atoms with E-state index in [9.17, 15) is 19.2 Å². The first kappa shape index (κ1) is 19.2. The van der Waals surface area contributed by atoms with E-state index in [4.69, 9.17) is 18.6 Å². The Morgan fingerprint density at radius 2 is 1.65 bits per heavy atom. The number of fused-ring (bicyclic) bond motifs is 1. The molecule has 0 N–H and O–H groups in total. The first-order valence-electron chi connectivity index (χ1n) is 7.87. The first-order valence-corrected chi connectivity index (χ1v) is 7.87. The van der Waals surface area contributed by atoms with E-state index >= 15 is 0 Å². The van der Waals surface area contributed by atoms with Crippen molar-refractivity contribution in [1.29, 1.82) is 0 Å². The molecule has 2 aromatic rings. The molecule has 2 rings (SSSR count). The van der Waals surface area contributed by atoms with Crippen molar-refractivity contribution >= 4 is 28.9 Å². The Morgan fingerprint density at radius 3 is 2.19 bits per heavy atom. The Morgan fingerprint density at radius 1 is 1.00 bits per heavy atom. The summed E-state index contributed by atoms with van der Waals surface area (Å²) < 4.78 is 20.6. The maximum absolute atomic E-state index is 12.0. The quantitative estimate of drug-likeness (QED) is 0.454. The molecule has 0 radical (unpaired) electrons. The predicted molar refractivity (Wildman–Crippen MR) is 89.9 cm³/mol. The van der Waals surface area contributed by atoms with Gasteiger partial charge in [0.05, 0.1) is 5.39 Å². The number of esters is 3. The summed E-state index contributed by atoms with van der Waals surface area (Å²) in [5, 5.41) is 0.281. The molecule has 1 heterocycles. The Kier molecular flexibility index (Phi) is 5.76. The number of ether oxygens (including phenoxy) is 3. The molecule has 1 aromatic heterocycles. The third-order valence-corrected chi connectivity index (χ3v) is 3.35. The Hall–Kier alpha value is -3.16. The van der Waals surface area contributed by atoms with E-state index in [1.165, 1.54) is 39.0 Å². The highest BCUT2D eigenvalue weighted by Gasteiger charge is 2.22. The minimum atomic E-state index is -0.743. The summed E-state index contributed by atoms with van der Waals surface area (Å²) in [5.41, 5.74) is -0.320. The van der Waals surface area contributed by atoms with Gasteiger partial charge in [0.2, 0.25) is 0 Å². The molecule has 0 spiro atoms. The highest BCUT2D eigenvalue weighted by Crippen LogP contribution is 2.37. The van der Waals surface area contributed by atoms with Gasteiger partial charge < -0.3 is 18.6 Å². The standard InChI is InChI=1S/C18H18O8/c1-5-14(24-10(3)20)13-8-17(22)26-16-7-12(23-9(2)19)6-15(18(13)16)25-11(4)21/h6-8,14H,5H2,1-4H3. The summed E-state index contributed by atoms with van der Waals surface area (Å²) in [4.78, 5) is 46.0. The molecule has 1 unspecified atom stereocenters. The van der Waals surface area contributed by atoms with Crippen LogP contribution in [0.3, 0.4) is 0 Å². The van der Waals surface area contributed by atoms with E-state index in [2.05, 4.69) is 0 Å². The van der Waals surface area contributed by atoms with Gasteiger partial charge in [0.25, 0.3) is 0 Å². The van der Waals surface area contributed by atoms with Crippen molar-refractivity contribution in [3.63, 3.8) is 0 Å². The van der Waals surface area contributed by atoms with Crippen LogP contribution in [0.2, 0.25) is 0 Å². The summed E-state index contributed by atoms with van der Waals surface area (Å²) >= 11 is 0. The van der Waals surface area contributed by atoms with Crippen molar-refractivity contribution < 1.29 is 33.0 Å². The number of benzene rings is 1. The van der Waals surface area contributed by atoms with Crippen LogP contribution in [0, 0.1) is 0 Å². The fourth-order valence-corrected chi connectivity index (χ4v) is 2.55. The first-order chi connectivity index (χ1) is 12.2. The lowest BCUT2D eigenvalue weighted by molar-refractivity contribution is -0.147. The summed E-state index contributed by atoms with van der Waals surface area (Å²) in [6.07, 6.45) is -0.364. The van der Waals surface area contributed by atoms with Gasteiger partial charge in [0.15, 0.2) is 0 Å². The molecule has 8 heteroatoms. The van der Waals surface area contributed by atoms with E-state index < -0.39 is 29.6 Å². The molecule has 26 heavy (non-hydrogen) atoms. The molecule has 8 nitrogen and oxygen atoms in total. The van der Waals surface area contributed by atoms with Crippen LogP contribution in [-0.2, 0) is 19.1 Å². The normalized spacial score (nSPS) is 11.7. The van der Waals surface area contributed by atoms with Crippen LogP contribution in [0.15, 0.2) is 27.4 Å². The topological polar surface area (TPSA) is 109 Å². The molecule has 0 fully saturated rings. The van der Waals surface area contributed by atoms with Crippen LogP contribution in [-0.4, -0.2) is 17.9 Å². The minimum Gasteiger partial charge on any atom is -0.458 e. The highest BCUT2D eigenvalue weighted by molar-refractivity contribution is 5.91. The largest absolute Gasteiger partial charge is 0.458 e. The van der Waals surface area contributed by atoms with Crippen molar-refractivity contribution in [2.24, 2.45) is 0 Å². The van der Waals surface area contributed by atoms with Gasteiger partial charge in [0.1, 0.15) is 23.2 Å². The molecule has 0 aliphatic rings. The zero-order valence-electron chi connectivity index (χ0n) is 14.8. The van der Waals surface area contributed by atoms with Crippen LogP contribution in [0.25, 0.3) is 11.0 Å². The Balaban J connectivity index is 2.79. The zero-order chi connectivity index (χ0) is 19.4. The third-order valence-electron chi connectivity index (χ3n) is 3.35. The van der Waals surface area contributed by atoms with Crippen molar-refractivity contribution in [2.45, 2.75) is 40.2 Å².